The summed E-state index contributed by atoms with van der Waals surface area (Å²) in [6.45, 7) is 2.35. The summed E-state index contributed by atoms with van der Waals surface area (Å²) in [7, 11) is 0. The Morgan fingerprint density at radius 1 is 1.39 bits per heavy atom. The highest BCUT2D eigenvalue weighted by atomic mass is 16.1. The van der Waals surface area contributed by atoms with E-state index < -0.39 is 0 Å². The minimum Gasteiger partial charge on any atom is -0.339 e. The van der Waals surface area contributed by atoms with Crippen molar-refractivity contribution in [1.82, 2.24) is 5.32 Å². The second-order valence-electron chi connectivity index (χ2n) is 5.08. The zero-order valence-corrected chi connectivity index (χ0v) is 10.6. The van der Waals surface area contributed by atoms with Gasteiger partial charge in [-0.2, -0.15) is 5.26 Å². The fourth-order valence-corrected chi connectivity index (χ4v) is 2.64. The number of hydrogen-bond donors (Lipinski definition) is 1. The molecule has 1 aliphatic carbocycles. The van der Waals surface area contributed by atoms with Gasteiger partial charge >= 0.3 is 0 Å². The SMILES string of the molecule is CC1CC[C@H](c2ccc(C(=O)NCC#N)cc2)C1. The first kappa shape index (κ1) is 12.6. The normalized spacial score (nSPS) is 22.4. The van der Waals surface area contributed by atoms with E-state index in [9.17, 15) is 4.79 Å². The van der Waals surface area contributed by atoms with Crippen LogP contribution in [0.1, 0.15) is 48.0 Å². The Kier molecular flexibility index (Phi) is 3.99. The molecule has 0 spiro atoms. The Hall–Kier alpha value is -1.82. The van der Waals surface area contributed by atoms with Crippen LogP contribution in [-0.2, 0) is 0 Å². The predicted octanol–water partition coefficient (Wildman–Crippen LogP) is 2.84. The van der Waals surface area contributed by atoms with Gasteiger partial charge in [-0.1, -0.05) is 25.5 Å². The van der Waals surface area contributed by atoms with Gasteiger partial charge in [0, 0.05) is 5.56 Å². The van der Waals surface area contributed by atoms with Gasteiger partial charge in [-0.15, -0.1) is 0 Å². The third-order valence-corrected chi connectivity index (χ3v) is 3.67. The van der Waals surface area contributed by atoms with Gasteiger partial charge < -0.3 is 5.32 Å². The maximum Gasteiger partial charge on any atom is 0.252 e. The molecule has 2 rings (SSSR count). The van der Waals surface area contributed by atoms with Gasteiger partial charge in [-0.05, 0) is 42.4 Å². The van der Waals surface area contributed by atoms with Crippen molar-refractivity contribution in [2.75, 3.05) is 6.54 Å². The van der Waals surface area contributed by atoms with Crippen molar-refractivity contribution in [1.29, 1.82) is 5.26 Å². The lowest BCUT2D eigenvalue weighted by Gasteiger charge is -2.10. The van der Waals surface area contributed by atoms with Crippen LogP contribution in [0, 0.1) is 17.2 Å². The number of hydrogen-bond acceptors (Lipinski definition) is 2. The molecule has 1 aromatic rings. The van der Waals surface area contributed by atoms with Crippen LogP contribution in [0.25, 0.3) is 0 Å². The third-order valence-electron chi connectivity index (χ3n) is 3.67. The van der Waals surface area contributed by atoms with E-state index in [0.29, 0.717) is 11.5 Å². The lowest BCUT2D eigenvalue weighted by molar-refractivity contribution is 0.0958. The van der Waals surface area contributed by atoms with Crippen LogP contribution in [0.5, 0.6) is 0 Å². The minimum atomic E-state index is -0.178. The molecule has 94 valence electrons. The summed E-state index contributed by atoms with van der Waals surface area (Å²) in [6.07, 6.45) is 3.80. The number of rotatable bonds is 3. The standard InChI is InChI=1S/C15H18N2O/c1-11-2-3-14(10-11)12-4-6-13(7-5-12)15(18)17-9-8-16/h4-7,11,14H,2-3,9-10H2,1H3,(H,17,18)/t11?,14-/m0/s1. The zero-order valence-electron chi connectivity index (χ0n) is 10.6. The molecule has 1 amide bonds. The first-order chi connectivity index (χ1) is 8.70. The highest BCUT2D eigenvalue weighted by Gasteiger charge is 2.22. The van der Waals surface area contributed by atoms with Crippen LogP contribution in [0.2, 0.25) is 0 Å². The molecule has 1 unspecified atom stereocenters. The van der Waals surface area contributed by atoms with Gasteiger partial charge in [0.25, 0.3) is 5.91 Å². The van der Waals surface area contributed by atoms with Crippen LogP contribution in [-0.4, -0.2) is 12.5 Å². The second kappa shape index (κ2) is 5.68. The number of nitrogens with zero attached hydrogens (tertiary/aromatic N) is 1. The van der Waals surface area contributed by atoms with Gasteiger partial charge in [0.05, 0.1) is 6.07 Å². The summed E-state index contributed by atoms with van der Waals surface area (Å²) in [5.74, 6) is 1.28. The molecule has 3 heteroatoms. The zero-order chi connectivity index (χ0) is 13.0. The van der Waals surface area contributed by atoms with Gasteiger partial charge in [-0.25, -0.2) is 0 Å². The van der Waals surface area contributed by atoms with Crippen LogP contribution in [0.4, 0.5) is 0 Å². The molecule has 0 radical (unpaired) electrons. The maximum atomic E-state index is 11.6. The monoisotopic (exact) mass is 242 g/mol. The molecule has 1 fully saturated rings. The van der Waals surface area contributed by atoms with Gasteiger partial charge in [0.2, 0.25) is 0 Å². The van der Waals surface area contributed by atoms with Crippen LogP contribution >= 0.6 is 0 Å². The summed E-state index contributed by atoms with van der Waals surface area (Å²) in [5.41, 5.74) is 1.95. The van der Waals surface area contributed by atoms with E-state index in [2.05, 4.69) is 12.2 Å². The summed E-state index contributed by atoms with van der Waals surface area (Å²) in [6, 6.07) is 9.69. The quantitative estimate of drug-likeness (QED) is 0.829. The van der Waals surface area contributed by atoms with Crippen molar-refractivity contribution >= 4 is 5.91 Å². The maximum absolute atomic E-state index is 11.6. The van der Waals surface area contributed by atoms with E-state index >= 15 is 0 Å². The molecule has 1 saturated carbocycles. The van der Waals surface area contributed by atoms with Crippen LogP contribution < -0.4 is 5.32 Å². The van der Waals surface area contributed by atoms with Gasteiger partial charge in [0.15, 0.2) is 0 Å². The molecule has 0 heterocycles. The number of carbonyl (C=O) groups is 1. The molecule has 2 atom stereocenters. The van der Waals surface area contributed by atoms with Crippen molar-refractivity contribution in [3.8, 4) is 6.07 Å². The summed E-state index contributed by atoms with van der Waals surface area (Å²) < 4.78 is 0. The molecule has 0 aliphatic heterocycles. The first-order valence-electron chi connectivity index (χ1n) is 6.46. The summed E-state index contributed by atoms with van der Waals surface area (Å²) in [5, 5.41) is 11.0. The number of amides is 1. The Bertz CT molecular complexity index is 458. The second-order valence-corrected chi connectivity index (χ2v) is 5.08. The molecule has 1 N–H and O–H groups in total. The molecular weight excluding hydrogens is 224 g/mol. The van der Waals surface area contributed by atoms with E-state index in [4.69, 9.17) is 5.26 Å². The van der Waals surface area contributed by atoms with E-state index in [0.717, 1.165) is 5.92 Å². The van der Waals surface area contributed by atoms with E-state index in [-0.39, 0.29) is 12.5 Å². The first-order valence-corrected chi connectivity index (χ1v) is 6.46. The van der Waals surface area contributed by atoms with Crippen molar-refractivity contribution in [3.63, 3.8) is 0 Å². The number of benzene rings is 1. The third kappa shape index (κ3) is 2.89. The molecule has 18 heavy (non-hydrogen) atoms. The largest absolute Gasteiger partial charge is 0.339 e. The average molecular weight is 242 g/mol. The fraction of sp³-hybridized carbons (Fsp3) is 0.467. The minimum absolute atomic E-state index is 0.0563. The van der Waals surface area contributed by atoms with Crippen molar-refractivity contribution in [2.45, 2.75) is 32.1 Å². The van der Waals surface area contributed by atoms with Crippen molar-refractivity contribution in [3.05, 3.63) is 35.4 Å². The van der Waals surface area contributed by atoms with Gasteiger partial charge in [0.1, 0.15) is 6.54 Å². The molecule has 1 aliphatic rings. The van der Waals surface area contributed by atoms with Crippen molar-refractivity contribution < 1.29 is 4.79 Å². The smallest absolute Gasteiger partial charge is 0.252 e. The predicted molar refractivity (Wildman–Crippen MR) is 70.1 cm³/mol. The Morgan fingerprint density at radius 2 is 2.11 bits per heavy atom. The Morgan fingerprint density at radius 3 is 2.67 bits per heavy atom. The number of carbonyl (C=O) groups excluding carboxylic acids is 1. The molecular formula is C15H18N2O. The highest BCUT2D eigenvalue weighted by Crippen LogP contribution is 2.37. The molecule has 0 saturated heterocycles. The van der Waals surface area contributed by atoms with E-state index in [1.165, 1.54) is 24.8 Å². The Labute approximate surface area is 108 Å². The van der Waals surface area contributed by atoms with Gasteiger partial charge in [-0.3, -0.25) is 4.79 Å². The summed E-state index contributed by atoms with van der Waals surface area (Å²) in [4.78, 5) is 11.6. The lowest BCUT2D eigenvalue weighted by Crippen LogP contribution is -2.23. The molecule has 0 aromatic heterocycles. The van der Waals surface area contributed by atoms with E-state index in [1.54, 1.807) is 0 Å². The van der Waals surface area contributed by atoms with Crippen LogP contribution in [0.15, 0.2) is 24.3 Å². The fourth-order valence-electron chi connectivity index (χ4n) is 2.64. The topological polar surface area (TPSA) is 52.9 Å². The van der Waals surface area contributed by atoms with E-state index in [1.807, 2.05) is 30.3 Å². The van der Waals surface area contributed by atoms with Crippen LogP contribution in [0.3, 0.4) is 0 Å². The molecule has 3 nitrogen and oxygen atoms in total. The number of nitriles is 1. The molecule has 0 bridgehead atoms. The van der Waals surface area contributed by atoms with Crippen molar-refractivity contribution in [2.24, 2.45) is 5.92 Å². The Balaban J connectivity index is 2.01. The summed E-state index contributed by atoms with van der Waals surface area (Å²) >= 11 is 0. The number of nitrogens with one attached hydrogen (secondary N) is 1. The molecule has 1 aromatic carbocycles. The highest BCUT2D eigenvalue weighted by molar-refractivity contribution is 5.94. The average Bonchev–Trinajstić information content (AvgIpc) is 2.83. The lowest BCUT2D eigenvalue weighted by atomic mass is 9.95.